The van der Waals surface area contributed by atoms with Gasteiger partial charge in [-0.15, -0.1) is 0 Å². The maximum atomic E-state index is 12.8. The molecule has 1 aliphatic heterocycles. The zero-order valence-corrected chi connectivity index (χ0v) is 15.7. The molecule has 1 fully saturated rings. The van der Waals surface area contributed by atoms with Gasteiger partial charge in [-0.05, 0) is 36.4 Å². The van der Waals surface area contributed by atoms with E-state index in [-0.39, 0.29) is 36.9 Å². The van der Waals surface area contributed by atoms with Crippen LogP contribution in [0.1, 0.15) is 5.56 Å². The fourth-order valence-corrected chi connectivity index (χ4v) is 3.11. The van der Waals surface area contributed by atoms with E-state index >= 15 is 0 Å². The zero-order valence-electron chi connectivity index (χ0n) is 12.7. The van der Waals surface area contributed by atoms with Crippen molar-refractivity contribution in [1.29, 1.82) is 0 Å². The van der Waals surface area contributed by atoms with E-state index in [4.69, 9.17) is 46.4 Å². The highest BCUT2D eigenvalue weighted by Gasteiger charge is 2.37. The van der Waals surface area contributed by atoms with Gasteiger partial charge in [0.25, 0.3) is 11.8 Å². The van der Waals surface area contributed by atoms with Crippen molar-refractivity contribution in [3.63, 3.8) is 0 Å². The van der Waals surface area contributed by atoms with E-state index in [1.165, 1.54) is 24.3 Å². The van der Waals surface area contributed by atoms with Crippen LogP contribution in [0, 0.1) is 0 Å². The highest BCUT2D eigenvalue weighted by Crippen LogP contribution is 2.31. The fourth-order valence-electron chi connectivity index (χ4n) is 2.31. The summed E-state index contributed by atoms with van der Waals surface area (Å²) in [4.78, 5) is 37.9. The van der Waals surface area contributed by atoms with Crippen LogP contribution in [0.5, 0.6) is 0 Å². The summed E-state index contributed by atoms with van der Waals surface area (Å²) in [6, 6.07) is 8.06. The van der Waals surface area contributed by atoms with Crippen LogP contribution in [0.15, 0.2) is 42.0 Å². The molecule has 1 heterocycles. The van der Waals surface area contributed by atoms with Gasteiger partial charge in [-0.2, -0.15) is 0 Å². The Hall–Kier alpha value is -2.05. The van der Waals surface area contributed by atoms with Crippen molar-refractivity contribution >= 4 is 76.0 Å². The van der Waals surface area contributed by atoms with Crippen LogP contribution in [-0.2, 0) is 9.59 Å². The van der Waals surface area contributed by atoms with Crippen molar-refractivity contribution in [3.8, 4) is 0 Å². The number of urea groups is 1. The number of imide groups is 2. The minimum Gasteiger partial charge on any atom is -0.273 e. The minimum absolute atomic E-state index is 0.154. The van der Waals surface area contributed by atoms with E-state index in [1.54, 1.807) is 18.2 Å². The lowest BCUT2D eigenvalue weighted by atomic mass is 10.1. The Morgan fingerprint density at radius 2 is 1.50 bits per heavy atom. The second-order valence-corrected chi connectivity index (χ2v) is 6.82. The molecule has 1 N–H and O–H groups in total. The number of nitrogens with one attached hydrogen (secondary N) is 1. The van der Waals surface area contributed by atoms with Gasteiger partial charge in [0, 0.05) is 15.6 Å². The van der Waals surface area contributed by atoms with Crippen LogP contribution in [-0.4, -0.2) is 17.8 Å². The molecule has 5 nitrogen and oxygen atoms in total. The molecule has 132 valence electrons. The van der Waals surface area contributed by atoms with Gasteiger partial charge < -0.3 is 0 Å². The molecule has 2 aromatic carbocycles. The average molecular weight is 430 g/mol. The first-order valence-electron chi connectivity index (χ1n) is 7.10. The number of barbiturate groups is 1. The molecule has 1 aliphatic rings. The Morgan fingerprint density at radius 1 is 0.846 bits per heavy atom. The number of hydrogen-bond acceptors (Lipinski definition) is 3. The first kappa shape index (κ1) is 18.7. The first-order chi connectivity index (χ1) is 12.3. The Bertz CT molecular complexity index is 968. The van der Waals surface area contributed by atoms with Crippen LogP contribution < -0.4 is 10.2 Å². The van der Waals surface area contributed by atoms with E-state index < -0.39 is 17.8 Å². The molecule has 4 amide bonds. The molecule has 0 saturated carbocycles. The monoisotopic (exact) mass is 428 g/mol. The van der Waals surface area contributed by atoms with Gasteiger partial charge in [0.1, 0.15) is 5.57 Å². The third-order valence-corrected chi connectivity index (χ3v) is 4.95. The molecule has 9 heteroatoms. The van der Waals surface area contributed by atoms with Crippen LogP contribution in [0.2, 0.25) is 20.1 Å². The smallest absolute Gasteiger partial charge is 0.273 e. The highest BCUT2D eigenvalue weighted by molar-refractivity contribution is 6.43. The predicted octanol–water partition coefficient (Wildman–Crippen LogP) is 4.97. The van der Waals surface area contributed by atoms with Crippen molar-refractivity contribution in [2.45, 2.75) is 0 Å². The SMILES string of the molecule is O=C1NC(=O)N(c2ccc(Cl)c(Cl)c2)C(=O)/C1=C/c1c(Cl)cccc1Cl. The quantitative estimate of drug-likeness (QED) is 0.541. The number of nitrogens with zero attached hydrogens (tertiary/aromatic N) is 1. The number of benzene rings is 2. The third kappa shape index (κ3) is 3.44. The zero-order chi connectivity index (χ0) is 19.0. The highest BCUT2D eigenvalue weighted by atomic mass is 35.5. The van der Waals surface area contributed by atoms with Gasteiger partial charge in [0.05, 0.1) is 15.7 Å². The van der Waals surface area contributed by atoms with E-state index in [0.29, 0.717) is 0 Å². The summed E-state index contributed by atoms with van der Waals surface area (Å²) in [6.45, 7) is 0. The van der Waals surface area contributed by atoms with Gasteiger partial charge in [0.15, 0.2) is 0 Å². The largest absolute Gasteiger partial charge is 0.335 e. The summed E-state index contributed by atoms with van der Waals surface area (Å²) in [6.07, 6.45) is 1.24. The number of halogens is 4. The van der Waals surface area contributed by atoms with E-state index in [9.17, 15) is 14.4 Å². The molecule has 0 spiro atoms. The summed E-state index contributed by atoms with van der Waals surface area (Å²) < 4.78 is 0. The minimum atomic E-state index is -0.902. The molecular weight excluding hydrogens is 422 g/mol. The van der Waals surface area contributed by atoms with Crippen molar-refractivity contribution in [3.05, 3.63) is 67.6 Å². The number of amides is 4. The Balaban J connectivity index is 2.09. The summed E-state index contributed by atoms with van der Waals surface area (Å²) in [5.41, 5.74) is 0.147. The molecule has 0 aliphatic carbocycles. The molecule has 0 aromatic heterocycles. The predicted molar refractivity (Wildman–Crippen MR) is 102 cm³/mol. The molecule has 0 radical (unpaired) electrons. The number of hydrogen-bond donors (Lipinski definition) is 1. The summed E-state index contributed by atoms with van der Waals surface area (Å²) in [5, 5.41) is 3.02. The molecule has 2 aromatic rings. The standard InChI is InChI=1S/C17H8Cl4N2O3/c18-11-2-1-3-12(19)9(11)7-10-15(24)22-17(26)23(16(10)25)8-4-5-13(20)14(21)6-8/h1-7H,(H,22,24,26)/b10-7+. The number of rotatable bonds is 2. The third-order valence-electron chi connectivity index (χ3n) is 3.55. The topological polar surface area (TPSA) is 66.5 Å². The molecule has 1 saturated heterocycles. The number of anilines is 1. The van der Waals surface area contributed by atoms with E-state index in [1.807, 2.05) is 0 Å². The molecule has 26 heavy (non-hydrogen) atoms. The second-order valence-electron chi connectivity index (χ2n) is 5.19. The summed E-state index contributed by atoms with van der Waals surface area (Å²) in [7, 11) is 0. The van der Waals surface area contributed by atoms with Crippen LogP contribution in [0.4, 0.5) is 10.5 Å². The molecule has 0 atom stereocenters. The normalized spacial score (nSPS) is 16.2. The fraction of sp³-hybridized carbons (Fsp3) is 0. The van der Waals surface area contributed by atoms with E-state index in [0.717, 1.165) is 4.90 Å². The molecule has 0 unspecified atom stereocenters. The van der Waals surface area contributed by atoms with Gasteiger partial charge in [-0.1, -0.05) is 52.5 Å². The van der Waals surface area contributed by atoms with Gasteiger partial charge in [0.2, 0.25) is 0 Å². The number of carbonyl (C=O) groups is 3. The van der Waals surface area contributed by atoms with Gasteiger partial charge >= 0.3 is 6.03 Å². The van der Waals surface area contributed by atoms with Gasteiger partial charge in [-0.3, -0.25) is 14.9 Å². The summed E-state index contributed by atoms with van der Waals surface area (Å²) >= 11 is 24.0. The van der Waals surface area contributed by atoms with Crippen molar-refractivity contribution in [2.75, 3.05) is 4.90 Å². The average Bonchev–Trinajstić information content (AvgIpc) is 2.56. The Kier molecular flexibility index (Phi) is 5.25. The van der Waals surface area contributed by atoms with Crippen LogP contribution in [0.3, 0.4) is 0 Å². The maximum absolute atomic E-state index is 12.8. The lowest BCUT2D eigenvalue weighted by molar-refractivity contribution is -0.122. The molecular formula is C17H8Cl4N2O3. The van der Waals surface area contributed by atoms with Crippen molar-refractivity contribution < 1.29 is 14.4 Å². The maximum Gasteiger partial charge on any atom is 0.335 e. The number of carbonyl (C=O) groups excluding carboxylic acids is 3. The van der Waals surface area contributed by atoms with Crippen molar-refractivity contribution in [1.82, 2.24) is 5.32 Å². The Morgan fingerprint density at radius 3 is 2.12 bits per heavy atom. The van der Waals surface area contributed by atoms with E-state index in [2.05, 4.69) is 5.32 Å². The van der Waals surface area contributed by atoms with Gasteiger partial charge in [-0.25, -0.2) is 9.69 Å². The molecule has 0 bridgehead atoms. The molecule has 3 rings (SSSR count). The second kappa shape index (κ2) is 7.29. The van der Waals surface area contributed by atoms with Crippen LogP contribution in [0.25, 0.3) is 6.08 Å². The lowest BCUT2D eigenvalue weighted by Gasteiger charge is -2.26. The van der Waals surface area contributed by atoms with Crippen LogP contribution >= 0.6 is 46.4 Å². The lowest BCUT2D eigenvalue weighted by Crippen LogP contribution is -2.54. The summed E-state index contributed by atoms with van der Waals surface area (Å²) in [5.74, 6) is -1.69. The van der Waals surface area contributed by atoms with Crippen molar-refractivity contribution in [2.24, 2.45) is 0 Å². The first-order valence-corrected chi connectivity index (χ1v) is 8.61. The Labute approximate surface area is 168 Å².